The molecule has 10 heteroatoms. The highest BCUT2D eigenvalue weighted by Crippen LogP contribution is 2.65. The Morgan fingerprint density at radius 1 is 1.02 bits per heavy atom. The summed E-state index contributed by atoms with van der Waals surface area (Å²) in [4.78, 5) is 68.2. The number of piperidine rings is 1. The van der Waals surface area contributed by atoms with Crippen LogP contribution in [0.5, 0.6) is 0 Å². The molecule has 4 amide bonds. The maximum absolute atomic E-state index is 14.3. The summed E-state index contributed by atoms with van der Waals surface area (Å²) in [6, 6.07) is -2.54. The molecule has 0 bridgehead atoms. The van der Waals surface area contributed by atoms with Gasteiger partial charge in [0.2, 0.25) is 17.6 Å². The lowest BCUT2D eigenvalue weighted by atomic mass is 9.83. The Morgan fingerprint density at radius 2 is 1.74 bits per heavy atom. The maximum atomic E-state index is 14.3. The van der Waals surface area contributed by atoms with Crippen LogP contribution in [-0.2, 0) is 23.9 Å². The Labute approximate surface area is 250 Å². The quantitative estimate of drug-likeness (QED) is 0.237. The summed E-state index contributed by atoms with van der Waals surface area (Å²) >= 11 is 0. The van der Waals surface area contributed by atoms with E-state index in [-0.39, 0.29) is 41.7 Å². The molecule has 0 aromatic carbocycles. The number of carbonyl (C=O) groups excluding carboxylic acids is 5. The zero-order valence-electron chi connectivity index (χ0n) is 25.8. The van der Waals surface area contributed by atoms with E-state index in [1.54, 1.807) is 4.90 Å². The lowest BCUT2D eigenvalue weighted by Gasteiger charge is -2.37. The minimum atomic E-state index is -0.985. The highest BCUT2D eigenvalue weighted by molar-refractivity contribution is 6.38. The van der Waals surface area contributed by atoms with E-state index in [1.165, 1.54) is 6.08 Å². The van der Waals surface area contributed by atoms with E-state index in [9.17, 15) is 24.0 Å². The zero-order chi connectivity index (χ0) is 30.6. The van der Waals surface area contributed by atoms with Gasteiger partial charge in [0, 0.05) is 13.1 Å². The molecule has 4 fully saturated rings. The first-order valence-electron chi connectivity index (χ1n) is 16.0. The number of amides is 4. The number of hydrogen-bond donors (Lipinski definition) is 3. The van der Waals surface area contributed by atoms with Crippen LogP contribution in [0.2, 0.25) is 0 Å². The van der Waals surface area contributed by atoms with Gasteiger partial charge in [0.1, 0.15) is 18.2 Å². The predicted octanol–water partition coefficient (Wildman–Crippen LogP) is 3.49. The Kier molecular flexibility index (Phi) is 10.4. The van der Waals surface area contributed by atoms with Gasteiger partial charge in [-0.05, 0) is 67.6 Å². The Bertz CT molecular complexity index is 1050. The van der Waals surface area contributed by atoms with Crippen LogP contribution in [0.3, 0.4) is 0 Å². The molecule has 1 aliphatic heterocycles. The number of alkyl carbamates (subject to hydrolysis) is 1. The summed E-state index contributed by atoms with van der Waals surface area (Å²) in [6.07, 6.45) is 9.25. The van der Waals surface area contributed by atoms with Crippen LogP contribution in [-0.4, -0.2) is 71.8 Å². The van der Waals surface area contributed by atoms with E-state index in [0.717, 1.165) is 51.4 Å². The molecule has 4 rings (SSSR count). The van der Waals surface area contributed by atoms with Gasteiger partial charge in [-0.25, -0.2) is 4.79 Å². The first-order chi connectivity index (χ1) is 20.0. The minimum Gasteiger partial charge on any atom is -0.446 e. The number of likely N-dealkylation sites (tertiary alicyclic amines) is 1. The van der Waals surface area contributed by atoms with Gasteiger partial charge in [0.25, 0.3) is 5.91 Å². The van der Waals surface area contributed by atoms with Crippen molar-refractivity contribution in [1.29, 1.82) is 0 Å². The monoisotopic (exact) mass is 586 g/mol. The van der Waals surface area contributed by atoms with Crippen LogP contribution < -0.4 is 16.0 Å². The summed E-state index contributed by atoms with van der Waals surface area (Å²) in [5, 5.41) is 8.26. The van der Waals surface area contributed by atoms with E-state index < -0.39 is 41.8 Å². The molecule has 7 atom stereocenters. The van der Waals surface area contributed by atoms with Crippen molar-refractivity contribution in [2.45, 2.75) is 116 Å². The summed E-state index contributed by atoms with van der Waals surface area (Å²) in [7, 11) is 0. The summed E-state index contributed by atoms with van der Waals surface area (Å²) in [5.74, 6) is -1.82. The molecule has 1 heterocycles. The van der Waals surface area contributed by atoms with Gasteiger partial charge in [0.15, 0.2) is 0 Å². The fourth-order valence-corrected chi connectivity index (χ4v) is 7.65. The summed E-state index contributed by atoms with van der Waals surface area (Å²) < 4.78 is 5.77. The first-order valence-corrected chi connectivity index (χ1v) is 16.0. The van der Waals surface area contributed by atoms with Crippen molar-refractivity contribution < 1.29 is 28.7 Å². The Balaban J connectivity index is 1.52. The molecule has 10 nitrogen and oxygen atoms in total. The number of nitrogens with zero attached hydrogens (tertiary/aromatic N) is 1. The van der Waals surface area contributed by atoms with Crippen LogP contribution in [0.15, 0.2) is 12.7 Å². The van der Waals surface area contributed by atoms with Crippen molar-refractivity contribution in [3.05, 3.63) is 12.7 Å². The molecule has 3 aliphatic carbocycles. The van der Waals surface area contributed by atoms with E-state index >= 15 is 0 Å². The zero-order valence-corrected chi connectivity index (χ0v) is 25.8. The second-order valence-corrected chi connectivity index (χ2v) is 13.5. The van der Waals surface area contributed by atoms with Gasteiger partial charge in [-0.2, -0.15) is 0 Å². The van der Waals surface area contributed by atoms with Crippen LogP contribution in [0, 0.1) is 29.1 Å². The van der Waals surface area contributed by atoms with Crippen molar-refractivity contribution >= 4 is 29.6 Å². The molecule has 3 saturated carbocycles. The highest BCUT2D eigenvalue weighted by Gasteiger charge is 2.69. The van der Waals surface area contributed by atoms with E-state index in [1.807, 2.05) is 6.92 Å². The minimum absolute atomic E-state index is 0.0311. The summed E-state index contributed by atoms with van der Waals surface area (Å²) in [5.41, 5.74) is -0.129. The predicted molar refractivity (Wildman–Crippen MR) is 158 cm³/mol. The van der Waals surface area contributed by atoms with Crippen LogP contribution >= 0.6 is 0 Å². The molecule has 42 heavy (non-hydrogen) atoms. The molecule has 1 saturated heterocycles. The lowest BCUT2D eigenvalue weighted by Crippen LogP contribution is -2.59. The second-order valence-electron chi connectivity index (χ2n) is 13.5. The fraction of sp³-hybridized carbons (Fsp3) is 0.781. The smallest absolute Gasteiger partial charge is 0.408 e. The normalized spacial score (nSPS) is 29.5. The topological polar surface area (TPSA) is 134 Å². The standard InChI is InChI=1S/C32H50N4O6/c1-6-12-22(27(37)29(39)33-17-7-2)34-28(38)26-24-21(32(24,4)5)18-36(26)30(40)25(20-14-9-8-10-15-20)35-31(41)42-23-16-11-13-19(23)3/h7,19-26H,2,6,8-18H2,1,3-5H3,(H,33,39)(H,34,38)(H,35,41)/t19?,21-,22?,23?,24-,25-,26-/m0/s1. The second kappa shape index (κ2) is 13.6. The van der Waals surface area contributed by atoms with Crippen molar-refractivity contribution in [3.63, 3.8) is 0 Å². The van der Waals surface area contributed by atoms with Gasteiger partial charge < -0.3 is 25.6 Å². The lowest BCUT2D eigenvalue weighted by molar-refractivity contribution is -0.145. The molecule has 234 valence electrons. The molecule has 0 aromatic heterocycles. The molecule has 3 N–H and O–H groups in total. The third-order valence-corrected chi connectivity index (χ3v) is 10.3. The molecular formula is C32H50N4O6. The number of fused-ring (bicyclic) bond motifs is 1. The van der Waals surface area contributed by atoms with Gasteiger partial charge in [0.05, 0.1) is 6.04 Å². The SMILES string of the molecule is C=CCNC(=O)C(=O)C(CCC)NC(=O)[C@@H]1[C@@H]2[C@H](CN1C(=O)[C@@H](NC(=O)OC1CCCC1C)C1CCCCC1)C2(C)C. The third kappa shape index (κ3) is 6.83. The summed E-state index contributed by atoms with van der Waals surface area (Å²) in [6.45, 7) is 12.3. The number of Topliss-reactive ketones (excluding diaryl/α,β-unsaturated/α-hetero) is 1. The van der Waals surface area contributed by atoms with Gasteiger partial charge >= 0.3 is 6.09 Å². The fourth-order valence-electron chi connectivity index (χ4n) is 7.65. The van der Waals surface area contributed by atoms with Gasteiger partial charge in [-0.3, -0.25) is 19.2 Å². The van der Waals surface area contributed by atoms with E-state index in [2.05, 4.69) is 43.3 Å². The average Bonchev–Trinajstić information content (AvgIpc) is 3.30. The molecule has 4 aliphatic rings. The van der Waals surface area contributed by atoms with Crippen molar-refractivity contribution in [2.75, 3.05) is 13.1 Å². The van der Waals surface area contributed by atoms with Crippen molar-refractivity contribution in [2.24, 2.45) is 29.1 Å². The maximum Gasteiger partial charge on any atom is 0.408 e. The molecule has 3 unspecified atom stereocenters. The van der Waals surface area contributed by atoms with E-state index in [0.29, 0.717) is 25.3 Å². The highest BCUT2D eigenvalue weighted by atomic mass is 16.6. The number of carbonyl (C=O) groups is 5. The van der Waals surface area contributed by atoms with Crippen LogP contribution in [0.4, 0.5) is 4.79 Å². The Hall–Kier alpha value is -2.91. The molecule has 0 aromatic rings. The van der Waals surface area contributed by atoms with Gasteiger partial charge in [-0.1, -0.05) is 59.5 Å². The Morgan fingerprint density at radius 3 is 2.36 bits per heavy atom. The number of nitrogens with one attached hydrogen (secondary N) is 3. The van der Waals surface area contributed by atoms with Crippen molar-refractivity contribution in [1.82, 2.24) is 20.9 Å². The van der Waals surface area contributed by atoms with Crippen LogP contribution in [0.1, 0.15) is 91.9 Å². The number of hydrogen-bond acceptors (Lipinski definition) is 6. The molecular weight excluding hydrogens is 536 g/mol. The average molecular weight is 587 g/mol. The first kappa shape index (κ1) is 32.0. The number of ketones is 1. The third-order valence-electron chi connectivity index (χ3n) is 10.3. The molecule has 0 spiro atoms. The number of rotatable bonds is 12. The van der Waals surface area contributed by atoms with Gasteiger partial charge in [-0.15, -0.1) is 6.58 Å². The van der Waals surface area contributed by atoms with E-state index in [4.69, 9.17) is 4.74 Å². The largest absolute Gasteiger partial charge is 0.446 e. The van der Waals surface area contributed by atoms with Crippen LogP contribution in [0.25, 0.3) is 0 Å². The number of ether oxygens (including phenoxy) is 1. The molecule has 0 radical (unpaired) electrons. The van der Waals surface area contributed by atoms with Crippen molar-refractivity contribution in [3.8, 4) is 0 Å².